The topological polar surface area (TPSA) is 76.0 Å². The monoisotopic (exact) mass is 406 g/mol. The minimum Gasteiger partial charge on any atom is -0.350 e. The number of para-hydroxylation sites is 1. The van der Waals surface area contributed by atoms with Crippen molar-refractivity contribution in [1.82, 2.24) is 20.4 Å². The first-order chi connectivity index (χ1) is 14.5. The summed E-state index contributed by atoms with van der Waals surface area (Å²) in [5.41, 5.74) is 3.09. The second-order valence-corrected chi connectivity index (χ2v) is 7.60. The van der Waals surface area contributed by atoms with Crippen molar-refractivity contribution in [2.24, 2.45) is 11.8 Å². The van der Waals surface area contributed by atoms with Gasteiger partial charge in [0.15, 0.2) is 0 Å². The standard InChI is InChI=1S/C23H23FN4O2/c1-15-11-20(15)23(30)26-13-21(29)25-12-17-14-28(19-5-3-2-4-6-19)27-22(17)16-7-9-18(24)10-8-16/h2-10,14-15,20H,11-13H2,1H3,(H,25,29)(H,26,30)/t15-,20-/m1/s1. The van der Waals surface area contributed by atoms with Gasteiger partial charge in [-0.25, -0.2) is 9.07 Å². The molecule has 2 atom stereocenters. The quantitative estimate of drug-likeness (QED) is 0.633. The van der Waals surface area contributed by atoms with Crippen LogP contribution in [-0.4, -0.2) is 28.1 Å². The molecule has 2 amide bonds. The van der Waals surface area contributed by atoms with Gasteiger partial charge in [-0.2, -0.15) is 5.10 Å². The summed E-state index contributed by atoms with van der Waals surface area (Å²) < 4.78 is 15.1. The fraction of sp³-hybridized carbons (Fsp3) is 0.261. The summed E-state index contributed by atoms with van der Waals surface area (Å²) in [4.78, 5) is 24.1. The van der Waals surface area contributed by atoms with Crippen LogP contribution in [0.4, 0.5) is 4.39 Å². The molecule has 2 N–H and O–H groups in total. The molecule has 1 aliphatic rings. The van der Waals surface area contributed by atoms with Gasteiger partial charge in [0.05, 0.1) is 17.9 Å². The molecule has 4 rings (SSSR count). The maximum absolute atomic E-state index is 13.3. The van der Waals surface area contributed by atoms with Gasteiger partial charge in [-0.1, -0.05) is 25.1 Å². The minimum absolute atomic E-state index is 0.0342. The molecule has 0 spiro atoms. The average molecular weight is 406 g/mol. The first kappa shape index (κ1) is 19.8. The van der Waals surface area contributed by atoms with Crippen molar-refractivity contribution in [1.29, 1.82) is 0 Å². The zero-order valence-corrected chi connectivity index (χ0v) is 16.6. The highest BCUT2D eigenvalue weighted by atomic mass is 19.1. The fourth-order valence-electron chi connectivity index (χ4n) is 3.35. The van der Waals surface area contributed by atoms with Crippen molar-refractivity contribution in [3.05, 3.63) is 72.2 Å². The van der Waals surface area contributed by atoms with Crippen LogP contribution >= 0.6 is 0 Å². The third-order valence-electron chi connectivity index (χ3n) is 5.27. The molecular weight excluding hydrogens is 383 g/mol. The van der Waals surface area contributed by atoms with E-state index in [0.29, 0.717) is 11.6 Å². The van der Waals surface area contributed by atoms with Crippen LogP contribution in [0.3, 0.4) is 0 Å². The van der Waals surface area contributed by atoms with Crippen LogP contribution in [0.2, 0.25) is 0 Å². The SMILES string of the molecule is C[C@@H]1C[C@H]1C(=O)NCC(=O)NCc1cn(-c2ccccc2)nc1-c1ccc(F)cc1. The molecule has 2 aromatic carbocycles. The number of hydrogen-bond acceptors (Lipinski definition) is 3. The zero-order chi connectivity index (χ0) is 21.1. The minimum atomic E-state index is -0.322. The molecule has 0 radical (unpaired) electrons. The van der Waals surface area contributed by atoms with E-state index in [1.165, 1.54) is 12.1 Å². The molecule has 0 unspecified atom stereocenters. The van der Waals surface area contributed by atoms with Gasteiger partial charge in [-0.15, -0.1) is 0 Å². The van der Waals surface area contributed by atoms with E-state index >= 15 is 0 Å². The largest absolute Gasteiger partial charge is 0.350 e. The summed E-state index contributed by atoms with van der Waals surface area (Å²) in [5, 5.41) is 10.2. The lowest BCUT2D eigenvalue weighted by Crippen LogP contribution is -2.37. The molecule has 6 nitrogen and oxygen atoms in total. The Balaban J connectivity index is 1.48. The van der Waals surface area contributed by atoms with Crippen molar-refractivity contribution < 1.29 is 14.0 Å². The van der Waals surface area contributed by atoms with Crippen LogP contribution in [0, 0.1) is 17.7 Å². The number of benzene rings is 2. The van der Waals surface area contributed by atoms with Gasteiger partial charge in [0.2, 0.25) is 11.8 Å². The summed E-state index contributed by atoms with van der Waals surface area (Å²) in [5.74, 6) is -0.227. The Morgan fingerprint density at radius 1 is 1.10 bits per heavy atom. The lowest BCUT2D eigenvalue weighted by molar-refractivity contribution is -0.127. The summed E-state index contributed by atoms with van der Waals surface area (Å²) in [6.07, 6.45) is 2.73. The number of amides is 2. The van der Waals surface area contributed by atoms with Crippen molar-refractivity contribution in [3.63, 3.8) is 0 Å². The molecule has 1 aromatic heterocycles. The van der Waals surface area contributed by atoms with Gasteiger partial charge in [-0.3, -0.25) is 9.59 Å². The Morgan fingerprint density at radius 2 is 1.80 bits per heavy atom. The predicted molar refractivity (Wildman–Crippen MR) is 111 cm³/mol. The smallest absolute Gasteiger partial charge is 0.239 e. The highest BCUT2D eigenvalue weighted by molar-refractivity contribution is 5.87. The third-order valence-corrected chi connectivity index (χ3v) is 5.27. The molecule has 3 aromatic rings. The maximum atomic E-state index is 13.3. The van der Waals surface area contributed by atoms with Gasteiger partial charge in [0.25, 0.3) is 0 Å². The second kappa shape index (κ2) is 8.49. The summed E-state index contributed by atoms with van der Waals surface area (Å²) >= 11 is 0. The van der Waals surface area contributed by atoms with Crippen LogP contribution in [-0.2, 0) is 16.1 Å². The van der Waals surface area contributed by atoms with Crippen LogP contribution in [0.25, 0.3) is 16.9 Å². The average Bonchev–Trinajstić information content (AvgIpc) is 3.34. The molecule has 154 valence electrons. The maximum Gasteiger partial charge on any atom is 0.239 e. The summed E-state index contributed by atoms with van der Waals surface area (Å²) in [6.45, 7) is 2.21. The Bertz CT molecular complexity index is 1050. The van der Waals surface area contributed by atoms with Gasteiger partial charge in [0, 0.05) is 29.8 Å². The molecule has 30 heavy (non-hydrogen) atoms. The molecule has 1 aliphatic carbocycles. The molecular formula is C23H23FN4O2. The fourth-order valence-corrected chi connectivity index (χ4v) is 3.35. The number of hydrogen-bond donors (Lipinski definition) is 2. The third kappa shape index (κ3) is 4.56. The van der Waals surface area contributed by atoms with Crippen LogP contribution in [0.15, 0.2) is 60.8 Å². The number of carbonyl (C=O) groups is 2. The molecule has 1 saturated carbocycles. The van der Waals surface area contributed by atoms with E-state index < -0.39 is 0 Å². The van der Waals surface area contributed by atoms with Crippen LogP contribution in [0.5, 0.6) is 0 Å². The first-order valence-corrected chi connectivity index (χ1v) is 9.95. The number of rotatable bonds is 7. The van der Waals surface area contributed by atoms with Gasteiger partial charge in [0.1, 0.15) is 5.82 Å². The van der Waals surface area contributed by atoms with E-state index in [2.05, 4.69) is 15.7 Å². The molecule has 0 saturated heterocycles. The second-order valence-electron chi connectivity index (χ2n) is 7.60. The lowest BCUT2D eigenvalue weighted by atomic mass is 10.1. The van der Waals surface area contributed by atoms with Crippen molar-refractivity contribution >= 4 is 11.8 Å². The van der Waals surface area contributed by atoms with Gasteiger partial charge >= 0.3 is 0 Å². The van der Waals surface area contributed by atoms with Crippen molar-refractivity contribution in [2.75, 3.05) is 6.54 Å². The Labute approximate surface area is 174 Å². The van der Waals surface area contributed by atoms with Crippen molar-refractivity contribution in [2.45, 2.75) is 19.9 Å². The number of carbonyl (C=O) groups excluding carboxylic acids is 2. The highest BCUT2D eigenvalue weighted by Crippen LogP contribution is 2.37. The number of halogens is 1. The van der Waals surface area contributed by atoms with Gasteiger partial charge < -0.3 is 10.6 Å². The normalized spacial score (nSPS) is 17.4. The zero-order valence-electron chi connectivity index (χ0n) is 16.6. The van der Waals surface area contributed by atoms with E-state index in [1.54, 1.807) is 16.8 Å². The first-order valence-electron chi connectivity index (χ1n) is 9.95. The van der Waals surface area contributed by atoms with E-state index in [1.807, 2.05) is 43.5 Å². The Morgan fingerprint density at radius 3 is 2.47 bits per heavy atom. The molecule has 0 aliphatic heterocycles. The van der Waals surface area contributed by atoms with Gasteiger partial charge in [-0.05, 0) is 48.7 Å². The summed E-state index contributed by atoms with van der Waals surface area (Å²) in [7, 11) is 0. The molecule has 1 heterocycles. The Hall–Kier alpha value is -3.48. The van der Waals surface area contributed by atoms with Crippen molar-refractivity contribution in [3.8, 4) is 16.9 Å². The molecule has 0 bridgehead atoms. The number of aromatic nitrogens is 2. The van der Waals surface area contributed by atoms with Crippen LogP contribution < -0.4 is 10.6 Å². The van der Waals surface area contributed by atoms with E-state index in [-0.39, 0.29) is 36.6 Å². The van der Waals surface area contributed by atoms with E-state index in [4.69, 9.17) is 0 Å². The lowest BCUT2D eigenvalue weighted by Gasteiger charge is -2.07. The predicted octanol–water partition coefficient (Wildman–Crippen LogP) is 3.07. The Kier molecular flexibility index (Phi) is 5.61. The van der Waals surface area contributed by atoms with E-state index in [9.17, 15) is 14.0 Å². The highest BCUT2D eigenvalue weighted by Gasteiger charge is 2.38. The molecule has 1 fully saturated rings. The number of nitrogens with one attached hydrogen (secondary N) is 2. The summed E-state index contributed by atoms with van der Waals surface area (Å²) in [6, 6.07) is 15.7. The van der Waals surface area contributed by atoms with Crippen LogP contribution in [0.1, 0.15) is 18.9 Å². The molecule has 7 heteroatoms. The van der Waals surface area contributed by atoms with E-state index in [0.717, 1.165) is 23.2 Å². The number of nitrogens with zero attached hydrogens (tertiary/aromatic N) is 2.